The average Bonchev–Trinajstić information content (AvgIpc) is 2.45. The van der Waals surface area contributed by atoms with Gasteiger partial charge >= 0.3 is 0 Å². The summed E-state index contributed by atoms with van der Waals surface area (Å²) in [5, 5.41) is 14.1. The summed E-state index contributed by atoms with van der Waals surface area (Å²) >= 11 is 5.92. The average molecular weight is 276 g/mol. The Morgan fingerprint density at radius 3 is 2.42 bits per heavy atom. The molecule has 0 saturated carbocycles. The van der Waals surface area contributed by atoms with Gasteiger partial charge in [0.25, 0.3) is 0 Å². The van der Waals surface area contributed by atoms with Gasteiger partial charge in [0.1, 0.15) is 0 Å². The predicted molar refractivity (Wildman–Crippen MR) is 79.3 cm³/mol. The molecule has 3 heteroatoms. The van der Waals surface area contributed by atoms with Gasteiger partial charge in [-0.1, -0.05) is 54.1 Å². The first-order valence-corrected chi connectivity index (χ1v) is 6.76. The van der Waals surface area contributed by atoms with E-state index in [-0.39, 0.29) is 6.04 Å². The molecule has 0 bridgehead atoms. The second-order valence-electron chi connectivity index (χ2n) is 4.61. The lowest BCUT2D eigenvalue weighted by atomic mass is 10.1. The molecular formula is C16H18ClNO. The smallest absolute Gasteiger partial charge is 0.0915 e. The van der Waals surface area contributed by atoms with Gasteiger partial charge in [0, 0.05) is 17.6 Å². The Hall–Kier alpha value is -1.35. The number of aliphatic hydroxyl groups is 1. The van der Waals surface area contributed by atoms with Crippen LogP contribution in [0.3, 0.4) is 0 Å². The molecule has 0 aromatic heterocycles. The van der Waals surface area contributed by atoms with Crippen LogP contribution in [0.5, 0.6) is 0 Å². The molecule has 2 atom stereocenters. The molecule has 0 spiro atoms. The van der Waals surface area contributed by atoms with Crippen molar-refractivity contribution in [2.45, 2.75) is 19.1 Å². The predicted octanol–water partition coefficient (Wildman–Crippen LogP) is 3.72. The third-order valence-corrected chi connectivity index (χ3v) is 3.39. The first-order chi connectivity index (χ1) is 9.16. The number of rotatable bonds is 5. The second kappa shape index (κ2) is 6.71. The molecular weight excluding hydrogens is 258 g/mol. The molecule has 2 unspecified atom stereocenters. The molecule has 0 fully saturated rings. The minimum Gasteiger partial charge on any atom is -0.387 e. The van der Waals surface area contributed by atoms with Crippen molar-refractivity contribution in [1.29, 1.82) is 0 Å². The van der Waals surface area contributed by atoms with E-state index in [1.165, 1.54) is 5.56 Å². The van der Waals surface area contributed by atoms with E-state index in [0.717, 1.165) is 5.56 Å². The molecule has 0 aliphatic rings. The van der Waals surface area contributed by atoms with Crippen LogP contribution in [-0.2, 0) is 0 Å². The fourth-order valence-electron chi connectivity index (χ4n) is 1.98. The molecule has 0 aliphatic heterocycles. The first kappa shape index (κ1) is 14.1. The highest BCUT2D eigenvalue weighted by atomic mass is 35.5. The lowest BCUT2D eigenvalue weighted by molar-refractivity contribution is 0.171. The van der Waals surface area contributed by atoms with E-state index in [2.05, 4.69) is 24.4 Å². The van der Waals surface area contributed by atoms with Gasteiger partial charge in [0.05, 0.1) is 6.10 Å². The van der Waals surface area contributed by atoms with E-state index < -0.39 is 6.10 Å². The lowest BCUT2D eigenvalue weighted by Gasteiger charge is -2.18. The van der Waals surface area contributed by atoms with E-state index in [1.54, 1.807) is 12.1 Å². The summed E-state index contributed by atoms with van der Waals surface area (Å²) in [6.45, 7) is 2.58. The molecule has 0 amide bonds. The molecule has 2 N–H and O–H groups in total. The molecule has 2 aromatic rings. The van der Waals surface area contributed by atoms with E-state index in [0.29, 0.717) is 11.6 Å². The first-order valence-electron chi connectivity index (χ1n) is 6.38. The van der Waals surface area contributed by atoms with Crippen molar-refractivity contribution in [3.8, 4) is 0 Å². The number of benzene rings is 2. The van der Waals surface area contributed by atoms with Crippen LogP contribution < -0.4 is 5.32 Å². The molecule has 2 rings (SSSR count). The molecule has 0 saturated heterocycles. The summed E-state index contributed by atoms with van der Waals surface area (Å²) in [5.41, 5.74) is 2.04. The SMILES string of the molecule is CC(NCC(O)c1cccc(Cl)c1)c1ccccc1. The molecule has 2 nitrogen and oxygen atoms in total. The maximum absolute atomic E-state index is 10.1. The Bertz CT molecular complexity index is 515. The maximum atomic E-state index is 10.1. The van der Waals surface area contributed by atoms with Crippen molar-refractivity contribution in [2.24, 2.45) is 0 Å². The molecule has 2 aromatic carbocycles. The second-order valence-corrected chi connectivity index (χ2v) is 5.05. The third kappa shape index (κ3) is 4.06. The van der Waals surface area contributed by atoms with Crippen LogP contribution in [0.2, 0.25) is 5.02 Å². The normalized spacial score (nSPS) is 14.1. The van der Waals surface area contributed by atoms with Crippen molar-refractivity contribution in [3.63, 3.8) is 0 Å². The molecule has 0 radical (unpaired) electrons. The summed E-state index contributed by atoms with van der Waals surface area (Å²) in [6, 6.07) is 17.7. The van der Waals surface area contributed by atoms with Crippen molar-refractivity contribution >= 4 is 11.6 Å². The van der Waals surface area contributed by atoms with Gasteiger partial charge in [-0.2, -0.15) is 0 Å². The van der Waals surface area contributed by atoms with Crippen LogP contribution in [0.25, 0.3) is 0 Å². The van der Waals surface area contributed by atoms with Crippen LogP contribution in [-0.4, -0.2) is 11.7 Å². The number of hydrogen-bond donors (Lipinski definition) is 2. The number of halogens is 1. The zero-order chi connectivity index (χ0) is 13.7. The zero-order valence-corrected chi connectivity index (χ0v) is 11.6. The maximum Gasteiger partial charge on any atom is 0.0915 e. The number of hydrogen-bond acceptors (Lipinski definition) is 2. The Balaban J connectivity index is 1.92. The summed E-state index contributed by atoms with van der Waals surface area (Å²) < 4.78 is 0. The van der Waals surface area contributed by atoms with Crippen molar-refractivity contribution in [3.05, 3.63) is 70.7 Å². The van der Waals surface area contributed by atoms with Gasteiger partial charge in [-0.25, -0.2) is 0 Å². The van der Waals surface area contributed by atoms with Crippen LogP contribution in [0, 0.1) is 0 Å². The lowest BCUT2D eigenvalue weighted by Crippen LogP contribution is -2.24. The Kier molecular flexibility index (Phi) is 4.97. The van der Waals surface area contributed by atoms with Crippen molar-refractivity contribution < 1.29 is 5.11 Å². The Morgan fingerprint density at radius 1 is 1.05 bits per heavy atom. The third-order valence-electron chi connectivity index (χ3n) is 3.15. The summed E-state index contributed by atoms with van der Waals surface area (Å²) in [7, 11) is 0. The van der Waals surface area contributed by atoms with Crippen molar-refractivity contribution in [1.82, 2.24) is 5.32 Å². The van der Waals surface area contributed by atoms with E-state index in [1.807, 2.05) is 30.3 Å². The van der Waals surface area contributed by atoms with Gasteiger partial charge in [-0.3, -0.25) is 0 Å². The topological polar surface area (TPSA) is 32.3 Å². The van der Waals surface area contributed by atoms with E-state index >= 15 is 0 Å². The van der Waals surface area contributed by atoms with Crippen LogP contribution in [0.4, 0.5) is 0 Å². The Morgan fingerprint density at radius 2 is 1.74 bits per heavy atom. The summed E-state index contributed by atoms with van der Waals surface area (Å²) in [4.78, 5) is 0. The molecule has 0 heterocycles. The summed E-state index contributed by atoms with van der Waals surface area (Å²) in [5.74, 6) is 0. The fraction of sp³-hybridized carbons (Fsp3) is 0.250. The van der Waals surface area contributed by atoms with E-state index in [9.17, 15) is 5.11 Å². The van der Waals surface area contributed by atoms with Crippen LogP contribution in [0.15, 0.2) is 54.6 Å². The summed E-state index contributed by atoms with van der Waals surface area (Å²) in [6.07, 6.45) is -0.551. The monoisotopic (exact) mass is 275 g/mol. The fourth-order valence-corrected chi connectivity index (χ4v) is 2.18. The largest absolute Gasteiger partial charge is 0.387 e. The minimum atomic E-state index is -0.551. The highest BCUT2D eigenvalue weighted by Crippen LogP contribution is 2.18. The standard InChI is InChI=1S/C16H18ClNO/c1-12(13-6-3-2-4-7-13)18-11-16(19)14-8-5-9-15(17)10-14/h2-10,12,16,18-19H,11H2,1H3. The van der Waals surface area contributed by atoms with Crippen LogP contribution >= 0.6 is 11.6 Å². The molecule has 0 aliphatic carbocycles. The molecule has 19 heavy (non-hydrogen) atoms. The number of aliphatic hydroxyl groups excluding tert-OH is 1. The van der Waals surface area contributed by atoms with Crippen LogP contribution in [0.1, 0.15) is 30.2 Å². The quantitative estimate of drug-likeness (QED) is 0.872. The van der Waals surface area contributed by atoms with Gasteiger partial charge in [0.15, 0.2) is 0 Å². The van der Waals surface area contributed by atoms with Gasteiger partial charge < -0.3 is 10.4 Å². The van der Waals surface area contributed by atoms with Crippen molar-refractivity contribution in [2.75, 3.05) is 6.54 Å². The van der Waals surface area contributed by atoms with Gasteiger partial charge in [-0.05, 0) is 30.2 Å². The van der Waals surface area contributed by atoms with Gasteiger partial charge in [0.2, 0.25) is 0 Å². The number of nitrogens with one attached hydrogen (secondary N) is 1. The molecule has 100 valence electrons. The highest BCUT2D eigenvalue weighted by molar-refractivity contribution is 6.30. The minimum absolute atomic E-state index is 0.204. The van der Waals surface area contributed by atoms with E-state index in [4.69, 9.17) is 11.6 Å². The highest BCUT2D eigenvalue weighted by Gasteiger charge is 2.10. The Labute approximate surface area is 119 Å². The zero-order valence-electron chi connectivity index (χ0n) is 10.9. The van der Waals surface area contributed by atoms with Gasteiger partial charge in [-0.15, -0.1) is 0 Å².